The number of methoxy groups -OCH3 is 1. The van der Waals surface area contributed by atoms with Gasteiger partial charge in [0.1, 0.15) is 0 Å². The van der Waals surface area contributed by atoms with Gasteiger partial charge in [0, 0.05) is 24.2 Å². The number of nitro benzene ring substituents is 1. The average Bonchev–Trinajstić information content (AvgIpc) is 2.74. The summed E-state index contributed by atoms with van der Waals surface area (Å²) in [6.07, 6.45) is 3.09. The molecular formula is C18H24N2O4. The Morgan fingerprint density at radius 1 is 1.33 bits per heavy atom. The highest BCUT2D eigenvalue weighted by Crippen LogP contribution is 2.52. The minimum atomic E-state index is -0.512. The fraction of sp³-hybridized carbons (Fsp3) is 0.611. The van der Waals surface area contributed by atoms with Gasteiger partial charge in [-0.05, 0) is 42.2 Å². The summed E-state index contributed by atoms with van der Waals surface area (Å²) in [7, 11) is 1.39. The highest BCUT2D eigenvalue weighted by atomic mass is 16.6. The highest BCUT2D eigenvalue weighted by Gasteiger charge is 2.51. The molecule has 0 spiro atoms. The van der Waals surface area contributed by atoms with Gasteiger partial charge in [-0.1, -0.05) is 20.8 Å². The fourth-order valence-electron chi connectivity index (χ4n) is 4.83. The summed E-state index contributed by atoms with van der Waals surface area (Å²) in [5, 5.41) is 11.2. The molecule has 6 nitrogen and oxygen atoms in total. The molecule has 2 atom stereocenters. The maximum absolute atomic E-state index is 13.0. The van der Waals surface area contributed by atoms with Gasteiger partial charge in [0.05, 0.1) is 12.0 Å². The van der Waals surface area contributed by atoms with Crippen LogP contribution >= 0.6 is 0 Å². The normalized spacial score (nSPS) is 27.8. The number of benzene rings is 1. The van der Waals surface area contributed by atoms with Crippen LogP contribution in [-0.2, 0) is 0 Å². The van der Waals surface area contributed by atoms with Crippen molar-refractivity contribution in [1.82, 2.24) is 4.90 Å². The van der Waals surface area contributed by atoms with Gasteiger partial charge in [0.15, 0.2) is 5.75 Å². The summed E-state index contributed by atoms with van der Waals surface area (Å²) < 4.78 is 5.01. The molecule has 1 heterocycles. The van der Waals surface area contributed by atoms with Gasteiger partial charge < -0.3 is 9.64 Å². The number of ether oxygens (including phenoxy) is 1. The van der Waals surface area contributed by atoms with Crippen LogP contribution < -0.4 is 4.74 Å². The molecule has 1 amide bonds. The molecule has 1 saturated carbocycles. The first-order valence-electron chi connectivity index (χ1n) is 8.28. The van der Waals surface area contributed by atoms with Crippen LogP contribution in [0.2, 0.25) is 0 Å². The lowest BCUT2D eigenvalue weighted by Crippen LogP contribution is -2.37. The number of likely N-dealkylation sites (tertiary alicyclic amines) is 1. The smallest absolute Gasteiger partial charge is 0.311 e. The maximum Gasteiger partial charge on any atom is 0.311 e. The van der Waals surface area contributed by atoms with E-state index in [2.05, 4.69) is 20.8 Å². The first-order valence-corrected chi connectivity index (χ1v) is 8.28. The quantitative estimate of drug-likeness (QED) is 0.625. The molecule has 1 aliphatic carbocycles. The summed E-state index contributed by atoms with van der Waals surface area (Å²) in [5.74, 6) is 0.0528. The van der Waals surface area contributed by atoms with Crippen LogP contribution in [0.1, 0.15) is 50.4 Å². The third kappa shape index (κ3) is 2.85. The second kappa shape index (κ2) is 5.46. The molecule has 1 aromatic rings. The zero-order chi connectivity index (χ0) is 17.7. The van der Waals surface area contributed by atoms with Crippen molar-refractivity contribution in [2.24, 2.45) is 10.8 Å². The Labute approximate surface area is 141 Å². The molecule has 0 N–H and O–H groups in total. The maximum atomic E-state index is 13.0. The monoisotopic (exact) mass is 332 g/mol. The molecule has 2 aliphatic rings. The van der Waals surface area contributed by atoms with Gasteiger partial charge in [0.2, 0.25) is 0 Å². The molecule has 3 rings (SSSR count). The topological polar surface area (TPSA) is 72.7 Å². The number of carbonyl (C=O) groups is 1. The number of hydrogen-bond acceptors (Lipinski definition) is 4. The first-order chi connectivity index (χ1) is 11.1. The van der Waals surface area contributed by atoms with Gasteiger partial charge in [-0.25, -0.2) is 0 Å². The minimum absolute atomic E-state index is 0.118. The van der Waals surface area contributed by atoms with Crippen LogP contribution in [0.5, 0.6) is 5.75 Å². The van der Waals surface area contributed by atoms with E-state index in [9.17, 15) is 14.9 Å². The minimum Gasteiger partial charge on any atom is -0.490 e. The van der Waals surface area contributed by atoms with E-state index in [1.807, 2.05) is 4.90 Å². The lowest BCUT2D eigenvalue weighted by atomic mass is 9.65. The van der Waals surface area contributed by atoms with Gasteiger partial charge in [-0.3, -0.25) is 14.9 Å². The zero-order valence-corrected chi connectivity index (χ0v) is 14.7. The second-order valence-corrected chi connectivity index (χ2v) is 8.29. The summed E-state index contributed by atoms with van der Waals surface area (Å²) in [6, 6.07) is 4.66. The van der Waals surface area contributed by atoms with Gasteiger partial charge in [-0.15, -0.1) is 0 Å². The Kier molecular flexibility index (Phi) is 3.81. The van der Waals surface area contributed by atoms with Crippen LogP contribution in [0.25, 0.3) is 0 Å². The Morgan fingerprint density at radius 3 is 2.67 bits per heavy atom. The second-order valence-electron chi connectivity index (χ2n) is 8.29. The van der Waals surface area contributed by atoms with Crippen molar-refractivity contribution in [3.05, 3.63) is 33.9 Å². The highest BCUT2D eigenvalue weighted by molar-refractivity contribution is 5.95. The molecule has 2 bridgehead atoms. The summed E-state index contributed by atoms with van der Waals surface area (Å²) >= 11 is 0. The summed E-state index contributed by atoms with van der Waals surface area (Å²) in [4.78, 5) is 25.6. The average molecular weight is 332 g/mol. The number of hydrogen-bond donors (Lipinski definition) is 0. The van der Waals surface area contributed by atoms with Crippen molar-refractivity contribution in [3.63, 3.8) is 0 Å². The molecule has 2 unspecified atom stereocenters. The predicted octanol–water partition coefficient (Wildman–Crippen LogP) is 3.64. The fourth-order valence-corrected chi connectivity index (χ4v) is 4.83. The number of nitrogens with zero attached hydrogens (tertiary/aromatic N) is 2. The Balaban J connectivity index is 1.90. The molecule has 1 aliphatic heterocycles. The Bertz CT molecular complexity index is 700. The number of fused-ring (bicyclic) bond motifs is 2. The van der Waals surface area contributed by atoms with Crippen LogP contribution in [0.3, 0.4) is 0 Å². The number of carbonyl (C=O) groups excluding carboxylic acids is 1. The van der Waals surface area contributed by atoms with E-state index in [0.717, 1.165) is 25.8 Å². The van der Waals surface area contributed by atoms with Crippen molar-refractivity contribution in [1.29, 1.82) is 0 Å². The van der Waals surface area contributed by atoms with Crippen molar-refractivity contribution < 1.29 is 14.5 Å². The lowest BCUT2D eigenvalue weighted by Gasteiger charge is -2.39. The van der Waals surface area contributed by atoms with E-state index in [4.69, 9.17) is 4.74 Å². The third-order valence-electron chi connectivity index (χ3n) is 5.30. The number of amides is 1. The molecule has 0 radical (unpaired) electrons. The zero-order valence-electron chi connectivity index (χ0n) is 14.7. The van der Waals surface area contributed by atoms with Crippen molar-refractivity contribution in [2.45, 2.75) is 46.1 Å². The molecule has 1 saturated heterocycles. The lowest BCUT2D eigenvalue weighted by molar-refractivity contribution is -0.385. The largest absolute Gasteiger partial charge is 0.490 e. The third-order valence-corrected chi connectivity index (χ3v) is 5.30. The SMILES string of the molecule is COc1ccc(C(=O)N2CC3(C)CC2CC(C)(C)C3)cc1[N+](=O)[O-]. The Morgan fingerprint density at radius 2 is 2.04 bits per heavy atom. The van der Waals surface area contributed by atoms with Crippen LogP contribution in [0.4, 0.5) is 5.69 Å². The van der Waals surface area contributed by atoms with E-state index in [1.165, 1.54) is 19.2 Å². The summed E-state index contributed by atoms with van der Waals surface area (Å²) in [5.41, 5.74) is 0.549. The predicted molar refractivity (Wildman–Crippen MR) is 90.2 cm³/mol. The van der Waals surface area contributed by atoms with E-state index in [0.29, 0.717) is 5.56 Å². The van der Waals surface area contributed by atoms with Crippen molar-refractivity contribution in [2.75, 3.05) is 13.7 Å². The molecule has 130 valence electrons. The molecule has 24 heavy (non-hydrogen) atoms. The van der Waals surface area contributed by atoms with Crippen molar-refractivity contribution >= 4 is 11.6 Å². The van der Waals surface area contributed by atoms with E-state index in [1.54, 1.807) is 6.07 Å². The van der Waals surface area contributed by atoms with Gasteiger partial charge >= 0.3 is 5.69 Å². The van der Waals surface area contributed by atoms with Gasteiger partial charge in [0.25, 0.3) is 5.91 Å². The summed E-state index contributed by atoms with van der Waals surface area (Å²) in [6.45, 7) is 7.47. The first kappa shape index (κ1) is 16.7. The molecule has 0 aromatic heterocycles. The van der Waals surface area contributed by atoms with Crippen LogP contribution in [-0.4, -0.2) is 35.4 Å². The van der Waals surface area contributed by atoms with E-state index in [-0.39, 0.29) is 34.2 Å². The number of rotatable bonds is 3. The molecule has 2 fully saturated rings. The molecule has 6 heteroatoms. The standard InChI is InChI=1S/C18H24N2O4/c1-17(2)8-13-9-18(3,10-17)11-19(13)16(21)12-5-6-15(24-4)14(7-12)20(22)23/h5-7,13H,8-11H2,1-4H3. The van der Waals surface area contributed by atoms with E-state index < -0.39 is 4.92 Å². The van der Waals surface area contributed by atoms with Crippen LogP contribution in [0, 0.1) is 20.9 Å². The van der Waals surface area contributed by atoms with Crippen LogP contribution in [0.15, 0.2) is 18.2 Å². The molecular weight excluding hydrogens is 308 g/mol. The Hall–Kier alpha value is -2.11. The van der Waals surface area contributed by atoms with Crippen molar-refractivity contribution in [3.8, 4) is 5.75 Å². The van der Waals surface area contributed by atoms with Gasteiger partial charge in [-0.2, -0.15) is 0 Å². The molecule has 1 aromatic carbocycles. The number of nitro groups is 1. The van der Waals surface area contributed by atoms with E-state index >= 15 is 0 Å².